The third-order valence-electron chi connectivity index (χ3n) is 5.41. The zero-order valence-electron chi connectivity index (χ0n) is 19.4. The van der Waals surface area contributed by atoms with E-state index in [1.807, 2.05) is 55.1 Å². The maximum atomic E-state index is 13.1. The number of nitrogens with one attached hydrogen (secondary N) is 1. The van der Waals surface area contributed by atoms with Gasteiger partial charge in [-0.05, 0) is 44.4 Å². The van der Waals surface area contributed by atoms with E-state index in [4.69, 9.17) is 4.74 Å². The number of hydrogen-bond donors (Lipinski definition) is 1. The average molecular weight is 427 g/mol. The van der Waals surface area contributed by atoms with Crippen LogP contribution in [0.1, 0.15) is 86.7 Å². The van der Waals surface area contributed by atoms with Crippen molar-refractivity contribution >= 4 is 17.4 Å². The van der Waals surface area contributed by atoms with E-state index in [0.717, 1.165) is 24.2 Å². The van der Waals surface area contributed by atoms with Gasteiger partial charge in [-0.2, -0.15) is 0 Å². The van der Waals surface area contributed by atoms with Crippen molar-refractivity contribution in [2.45, 2.75) is 78.7 Å². The van der Waals surface area contributed by atoms with Crippen LogP contribution in [-0.4, -0.2) is 29.5 Å². The smallest absolute Gasteiger partial charge is 0.305 e. The lowest BCUT2D eigenvalue weighted by molar-refractivity contribution is -0.143. The number of aromatic nitrogens is 1. The van der Waals surface area contributed by atoms with E-state index in [-0.39, 0.29) is 11.8 Å². The van der Waals surface area contributed by atoms with Crippen molar-refractivity contribution in [1.82, 2.24) is 4.57 Å². The zero-order valence-corrected chi connectivity index (χ0v) is 19.4. The predicted molar refractivity (Wildman–Crippen MR) is 127 cm³/mol. The second kappa shape index (κ2) is 13.7. The highest BCUT2D eigenvalue weighted by atomic mass is 16.5. The predicted octanol–water partition coefficient (Wildman–Crippen LogP) is 6.14. The monoisotopic (exact) mass is 426 g/mol. The first kappa shape index (κ1) is 24.7. The molecule has 1 aromatic carbocycles. The molecule has 2 rings (SSSR count). The van der Waals surface area contributed by atoms with E-state index < -0.39 is 0 Å². The Balaban J connectivity index is 1.87. The van der Waals surface area contributed by atoms with Gasteiger partial charge in [0.05, 0.1) is 6.61 Å². The quantitative estimate of drug-likeness (QED) is 0.211. The number of anilines is 1. The molecule has 5 heteroatoms. The Morgan fingerprint density at radius 3 is 2.55 bits per heavy atom. The molecule has 0 atom stereocenters. The molecule has 0 saturated heterocycles. The van der Waals surface area contributed by atoms with Crippen LogP contribution >= 0.6 is 0 Å². The first-order valence-corrected chi connectivity index (χ1v) is 11.8. The van der Waals surface area contributed by atoms with Crippen LogP contribution in [0.15, 0.2) is 36.7 Å². The van der Waals surface area contributed by atoms with Crippen LogP contribution in [0.25, 0.3) is 0 Å². The van der Waals surface area contributed by atoms with Crippen molar-refractivity contribution in [3.8, 4) is 0 Å². The van der Waals surface area contributed by atoms with Gasteiger partial charge in [-0.3, -0.25) is 9.59 Å². The molecule has 31 heavy (non-hydrogen) atoms. The molecule has 0 fully saturated rings. The highest BCUT2D eigenvalue weighted by molar-refractivity contribution is 6.10. The molecule has 0 aliphatic carbocycles. The summed E-state index contributed by atoms with van der Waals surface area (Å²) in [4.78, 5) is 24.6. The van der Waals surface area contributed by atoms with Gasteiger partial charge in [0.2, 0.25) is 0 Å². The van der Waals surface area contributed by atoms with Crippen molar-refractivity contribution in [2.75, 3.05) is 18.5 Å². The van der Waals surface area contributed by atoms with Gasteiger partial charge in [-0.1, -0.05) is 51.2 Å². The Kier molecular flexibility index (Phi) is 10.9. The summed E-state index contributed by atoms with van der Waals surface area (Å²) < 4.78 is 6.95. The van der Waals surface area contributed by atoms with Gasteiger partial charge in [0.1, 0.15) is 0 Å². The summed E-state index contributed by atoms with van der Waals surface area (Å²) in [5.41, 5.74) is 3.35. The number of ketones is 1. The molecule has 0 aliphatic rings. The number of rotatable bonds is 15. The van der Waals surface area contributed by atoms with Gasteiger partial charge < -0.3 is 14.6 Å². The summed E-state index contributed by atoms with van der Waals surface area (Å²) in [6, 6.07) is 7.76. The minimum Gasteiger partial charge on any atom is -0.466 e. The normalized spacial score (nSPS) is 10.8. The Labute approximate surface area is 187 Å². The van der Waals surface area contributed by atoms with Crippen LogP contribution in [-0.2, 0) is 16.1 Å². The SMILES string of the molecule is CCCCCCCCNc1cccc(C(=O)c2cn(CCCC(=O)OCC)cc2C)c1. The summed E-state index contributed by atoms with van der Waals surface area (Å²) >= 11 is 0. The molecule has 1 aromatic heterocycles. The maximum absolute atomic E-state index is 13.1. The topological polar surface area (TPSA) is 60.3 Å². The molecule has 1 heterocycles. The van der Waals surface area contributed by atoms with E-state index in [2.05, 4.69) is 12.2 Å². The second-order valence-electron chi connectivity index (χ2n) is 8.11. The minimum atomic E-state index is -0.173. The molecule has 0 unspecified atom stereocenters. The van der Waals surface area contributed by atoms with E-state index in [0.29, 0.717) is 37.1 Å². The third-order valence-corrected chi connectivity index (χ3v) is 5.41. The molecule has 0 saturated carbocycles. The molecule has 170 valence electrons. The number of unbranched alkanes of at least 4 members (excludes halogenated alkanes) is 5. The van der Waals surface area contributed by atoms with Crippen LogP contribution in [0, 0.1) is 6.92 Å². The van der Waals surface area contributed by atoms with Crippen LogP contribution in [0.5, 0.6) is 0 Å². The number of carbonyl (C=O) groups excluding carboxylic acids is 2. The van der Waals surface area contributed by atoms with Crippen LogP contribution < -0.4 is 5.32 Å². The summed E-state index contributed by atoms with van der Waals surface area (Å²) in [7, 11) is 0. The number of carbonyl (C=O) groups is 2. The molecule has 0 amide bonds. The summed E-state index contributed by atoms with van der Waals surface area (Å²) in [6.45, 7) is 8.03. The molecular weight excluding hydrogens is 388 g/mol. The van der Waals surface area contributed by atoms with E-state index in [1.165, 1.54) is 32.1 Å². The largest absolute Gasteiger partial charge is 0.466 e. The lowest BCUT2D eigenvalue weighted by Crippen LogP contribution is -2.06. The number of aryl methyl sites for hydroxylation is 2. The molecule has 0 aliphatic heterocycles. The first-order valence-electron chi connectivity index (χ1n) is 11.8. The molecule has 2 aromatic rings. The van der Waals surface area contributed by atoms with Crippen LogP contribution in [0.3, 0.4) is 0 Å². The number of esters is 1. The van der Waals surface area contributed by atoms with Gasteiger partial charge in [-0.25, -0.2) is 0 Å². The number of ether oxygens (including phenoxy) is 1. The van der Waals surface area contributed by atoms with Gasteiger partial charge >= 0.3 is 5.97 Å². The number of hydrogen-bond acceptors (Lipinski definition) is 4. The molecule has 0 radical (unpaired) electrons. The molecule has 5 nitrogen and oxygen atoms in total. The Morgan fingerprint density at radius 2 is 1.77 bits per heavy atom. The standard InChI is InChI=1S/C26H38N2O3/c1-4-6-7-8-9-10-16-27-23-14-11-13-22(18-23)26(30)24-20-28(19-21(24)3)17-12-15-25(29)31-5-2/h11,13-14,18-20,27H,4-10,12,15-17H2,1-3H3. The fraction of sp³-hybridized carbons (Fsp3) is 0.538. The summed E-state index contributed by atoms with van der Waals surface area (Å²) in [6.07, 6.45) is 12.5. The van der Waals surface area contributed by atoms with Crippen molar-refractivity contribution < 1.29 is 14.3 Å². The van der Waals surface area contributed by atoms with Gasteiger partial charge in [-0.15, -0.1) is 0 Å². The number of nitrogens with zero attached hydrogens (tertiary/aromatic N) is 1. The van der Waals surface area contributed by atoms with E-state index in [1.54, 1.807) is 0 Å². The highest BCUT2D eigenvalue weighted by Crippen LogP contribution is 2.19. The molecular formula is C26H38N2O3. The minimum absolute atomic E-state index is 0.0323. The molecule has 0 bridgehead atoms. The average Bonchev–Trinajstić information content (AvgIpc) is 3.13. The lowest BCUT2D eigenvalue weighted by atomic mass is 10.0. The van der Waals surface area contributed by atoms with Crippen LogP contribution in [0.2, 0.25) is 0 Å². The summed E-state index contributed by atoms with van der Waals surface area (Å²) in [5, 5.41) is 3.45. The van der Waals surface area contributed by atoms with Crippen molar-refractivity contribution in [2.24, 2.45) is 0 Å². The fourth-order valence-corrected chi connectivity index (χ4v) is 3.69. The lowest BCUT2D eigenvalue weighted by Gasteiger charge is -2.08. The van der Waals surface area contributed by atoms with E-state index in [9.17, 15) is 9.59 Å². The second-order valence-corrected chi connectivity index (χ2v) is 8.11. The third kappa shape index (κ3) is 8.60. The highest BCUT2D eigenvalue weighted by Gasteiger charge is 2.15. The van der Waals surface area contributed by atoms with E-state index >= 15 is 0 Å². The maximum Gasteiger partial charge on any atom is 0.305 e. The Bertz CT molecular complexity index is 826. The van der Waals surface area contributed by atoms with Crippen LogP contribution in [0.4, 0.5) is 5.69 Å². The Morgan fingerprint density at radius 1 is 1.00 bits per heavy atom. The fourth-order valence-electron chi connectivity index (χ4n) is 3.69. The van der Waals surface area contributed by atoms with Gasteiger partial charge in [0, 0.05) is 48.7 Å². The first-order chi connectivity index (χ1) is 15.0. The van der Waals surface area contributed by atoms with Gasteiger partial charge in [0.15, 0.2) is 5.78 Å². The summed E-state index contributed by atoms with van der Waals surface area (Å²) in [5.74, 6) is -0.141. The Hall–Kier alpha value is -2.56. The van der Waals surface area contributed by atoms with Gasteiger partial charge in [0.25, 0.3) is 0 Å². The van der Waals surface area contributed by atoms with Crippen molar-refractivity contribution in [3.05, 3.63) is 53.3 Å². The van der Waals surface area contributed by atoms with Crippen molar-refractivity contribution in [3.63, 3.8) is 0 Å². The molecule has 1 N–H and O–H groups in total. The number of benzene rings is 1. The molecule has 0 spiro atoms. The van der Waals surface area contributed by atoms with Crippen molar-refractivity contribution in [1.29, 1.82) is 0 Å². The zero-order chi connectivity index (χ0) is 22.5.